The van der Waals surface area contributed by atoms with Gasteiger partial charge in [-0.25, -0.2) is 4.39 Å². The predicted molar refractivity (Wildman–Crippen MR) is 150 cm³/mol. The Hall–Kier alpha value is -3.17. The number of ether oxygens (including phenoxy) is 2. The number of aryl methyl sites for hydroxylation is 1. The van der Waals surface area contributed by atoms with E-state index in [1.807, 2.05) is 18.2 Å². The summed E-state index contributed by atoms with van der Waals surface area (Å²) in [6, 6.07) is 8.82. The van der Waals surface area contributed by atoms with E-state index in [4.69, 9.17) is 21.1 Å². The van der Waals surface area contributed by atoms with Gasteiger partial charge in [-0.1, -0.05) is 30.5 Å². The molecule has 2 aliphatic carbocycles. The lowest BCUT2D eigenvalue weighted by molar-refractivity contribution is -0.145. The van der Waals surface area contributed by atoms with Crippen LogP contribution < -0.4 is 9.47 Å². The summed E-state index contributed by atoms with van der Waals surface area (Å²) >= 11 is 6.08. The summed E-state index contributed by atoms with van der Waals surface area (Å²) in [5, 5.41) is 10.0. The van der Waals surface area contributed by atoms with Crippen LogP contribution in [-0.4, -0.2) is 59.5 Å². The van der Waals surface area contributed by atoms with E-state index in [9.17, 15) is 23.9 Å². The maximum atomic E-state index is 14.6. The summed E-state index contributed by atoms with van der Waals surface area (Å²) in [6.45, 7) is 1.45. The highest BCUT2D eigenvalue weighted by Gasteiger charge is 2.36. The molecule has 1 aliphatic heterocycles. The number of methoxy groups -OCH3 is 1. The van der Waals surface area contributed by atoms with E-state index in [2.05, 4.69) is 4.90 Å². The summed E-state index contributed by atoms with van der Waals surface area (Å²) in [6.07, 6.45) is 5.50. The number of nitrogens with zero attached hydrogens (tertiary/aromatic N) is 2. The van der Waals surface area contributed by atoms with Crippen LogP contribution in [0.1, 0.15) is 67.7 Å². The molecule has 3 atom stereocenters. The molecule has 1 saturated carbocycles. The molecule has 0 aromatic heterocycles. The topological polar surface area (TPSA) is 96.4 Å². The maximum Gasteiger partial charge on any atom is 0.306 e. The van der Waals surface area contributed by atoms with E-state index in [0.717, 1.165) is 48.8 Å². The number of carboxylic acid groups (broad SMARTS) is 1. The van der Waals surface area contributed by atoms with E-state index in [0.29, 0.717) is 31.0 Å². The molecule has 1 saturated heterocycles. The lowest BCUT2D eigenvalue weighted by Crippen LogP contribution is -2.38. The zero-order valence-corrected chi connectivity index (χ0v) is 24.0. The molecule has 0 spiro atoms. The monoisotopic (exact) mass is 586 g/mol. The molecule has 2 aromatic rings. The number of imide groups is 1. The van der Waals surface area contributed by atoms with Crippen molar-refractivity contribution in [2.75, 3.05) is 26.8 Å². The van der Waals surface area contributed by atoms with Gasteiger partial charge in [-0.15, -0.1) is 0 Å². The van der Waals surface area contributed by atoms with E-state index >= 15 is 0 Å². The lowest BCUT2D eigenvalue weighted by Gasteiger charge is -2.37. The third-order valence-electron chi connectivity index (χ3n) is 8.71. The van der Waals surface area contributed by atoms with Crippen LogP contribution in [0.3, 0.4) is 0 Å². The van der Waals surface area contributed by atoms with Gasteiger partial charge < -0.3 is 14.6 Å². The fourth-order valence-electron chi connectivity index (χ4n) is 6.59. The van der Waals surface area contributed by atoms with Crippen molar-refractivity contribution in [3.8, 4) is 11.5 Å². The summed E-state index contributed by atoms with van der Waals surface area (Å²) in [5.74, 6) is -0.926. The Morgan fingerprint density at radius 3 is 2.56 bits per heavy atom. The first kappa shape index (κ1) is 29.3. The number of amides is 2. The number of likely N-dealkylation sites (tertiary alicyclic amines) is 1. The van der Waals surface area contributed by atoms with Crippen LogP contribution >= 0.6 is 11.6 Å². The van der Waals surface area contributed by atoms with E-state index in [1.165, 1.54) is 11.0 Å². The molecule has 41 heavy (non-hydrogen) atoms. The number of carbonyl (C=O) groups is 3. The second kappa shape index (κ2) is 12.8. The van der Waals surface area contributed by atoms with Crippen molar-refractivity contribution in [2.24, 2.45) is 11.8 Å². The second-order valence-electron chi connectivity index (χ2n) is 11.2. The molecule has 5 rings (SSSR count). The zero-order valence-electron chi connectivity index (χ0n) is 23.2. The minimum absolute atomic E-state index is 0.00274. The second-order valence-corrected chi connectivity index (χ2v) is 11.6. The normalized spacial score (nSPS) is 22.3. The molecular weight excluding hydrogens is 551 g/mol. The Balaban J connectivity index is 1.35. The third-order valence-corrected chi connectivity index (χ3v) is 8.99. The zero-order chi connectivity index (χ0) is 29.1. The fourth-order valence-corrected chi connectivity index (χ4v) is 6.78. The van der Waals surface area contributed by atoms with Crippen molar-refractivity contribution in [2.45, 2.75) is 64.0 Å². The number of hydrogen-bond acceptors (Lipinski definition) is 6. The fraction of sp³-hybridized carbons (Fsp3) is 0.516. The first-order valence-corrected chi connectivity index (χ1v) is 14.7. The molecular formula is C31H36ClFN2O6. The van der Waals surface area contributed by atoms with Crippen LogP contribution in [0.2, 0.25) is 5.02 Å². The molecule has 2 aromatic carbocycles. The molecule has 220 valence electrons. The van der Waals surface area contributed by atoms with Crippen LogP contribution in [0.4, 0.5) is 4.39 Å². The van der Waals surface area contributed by atoms with Gasteiger partial charge >= 0.3 is 5.97 Å². The predicted octanol–water partition coefficient (Wildman–Crippen LogP) is 5.40. The van der Waals surface area contributed by atoms with Crippen LogP contribution in [0.15, 0.2) is 30.3 Å². The van der Waals surface area contributed by atoms with Crippen LogP contribution in [-0.2, 0) is 27.3 Å². The highest BCUT2D eigenvalue weighted by molar-refractivity contribution is 6.30. The minimum atomic E-state index is -0.750. The summed E-state index contributed by atoms with van der Waals surface area (Å²) in [5.41, 5.74) is 2.89. The number of carbonyl (C=O) groups excluding carboxylic acids is 2. The SMILES string of the molecule is COc1cc(CN(CC2CCCCC2C(=O)O)C2CCc3cc(Cl)c(F)cc32)ccc1OCCN1C(=O)CCC1=O. The van der Waals surface area contributed by atoms with Gasteiger partial charge in [0, 0.05) is 32.0 Å². The van der Waals surface area contributed by atoms with Gasteiger partial charge in [0.15, 0.2) is 11.5 Å². The van der Waals surface area contributed by atoms with Gasteiger partial charge in [-0.3, -0.25) is 24.2 Å². The number of hydrogen-bond donors (Lipinski definition) is 1. The first-order valence-electron chi connectivity index (χ1n) is 14.3. The maximum absolute atomic E-state index is 14.6. The van der Waals surface area contributed by atoms with E-state index < -0.39 is 17.7 Å². The number of rotatable bonds is 11. The van der Waals surface area contributed by atoms with Crippen molar-refractivity contribution in [3.05, 3.63) is 57.9 Å². The summed E-state index contributed by atoms with van der Waals surface area (Å²) < 4.78 is 26.0. The highest BCUT2D eigenvalue weighted by atomic mass is 35.5. The van der Waals surface area contributed by atoms with Crippen LogP contribution in [0.25, 0.3) is 0 Å². The van der Waals surface area contributed by atoms with Crippen molar-refractivity contribution >= 4 is 29.4 Å². The Morgan fingerprint density at radius 2 is 1.83 bits per heavy atom. The number of halogens is 2. The molecule has 2 fully saturated rings. The Morgan fingerprint density at radius 1 is 1.07 bits per heavy atom. The number of benzene rings is 2. The van der Waals surface area contributed by atoms with Gasteiger partial charge in [0.1, 0.15) is 12.4 Å². The number of fused-ring (bicyclic) bond motifs is 1. The number of aliphatic carboxylic acids is 1. The Bertz CT molecular complexity index is 1300. The molecule has 3 aliphatic rings. The lowest BCUT2D eigenvalue weighted by atomic mass is 9.78. The molecule has 8 nitrogen and oxygen atoms in total. The molecule has 1 N–H and O–H groups in total. The van der Waals surface area contributed by atoms with Gasteiger partial charge in [0.05, 0.1) is 24.6 Å². The first-order chi connectivity index (χ1) is 19.7. The minimum Gasteiger partial charge on any atom is -0.493 e. The van der Waals surface area contributed by atoms with Crippen molar-refractivity contribution in [3.63, 3.8) is 0 Å². The highest BCUT2D eigenvalue weighted by Crippen LogP contribution is 2.41. The Kier molecular flexibility index (Phi) is 9.14. The quantitative estimate of drug-likeness (QED) is 0.352. The van der Waals surface area contributed by atoms with Gasteiger partial charge in [0.25, 0.3) is 0 Å². The van der Waals surface area contributed by atoms with Crippen molar-refractivity contribution in [1.82, 2.24) is 9.80 Å². The smallest absolute Gasteiger partial charge is 0.306 e. The largest absolute Gasteiger partial charge is 0.493 e. The van der Waals surface area contributed by atoms with Gasteiger partial charge in [-0.05, 0) is 72.6 Å². The third kappa shape index (κ3) is 6.51. The molecule has 0 bridgehead atoms. The van der Waals surface area contributed by atoms with E-state index in [1.54, 1.807) is 13.2 Å². The van der Waals surface area contributed by atoms with Crippen molar-refractivity contribution in [1.29, 1.82) is 0 Å². The summed E-state index contributed by atoms with van der Waals surface area (Å²) in [4.78, 5) is 39.3. The molecule has 0 radical (unpaired) electrons. The standard InChI is InChI=1S/C31H36ClFN2O6/c1-40-28-14-19(6-9-27(28)41-13-12-35-29(36)10-11-30(35)37)17-34(18-21-4-2-3-5-22(21)31(38)39)26-8-7-20-15-24(32)25(33)16-23(20)26/h6,9,14-16,21-22,26H,2-5,7-8,10-13,17-18H2,1H3,(H,38,39). The Labute approximate surface area is 244 Å². The molecule has 1 heterocycles. The summed E-state index contributed by atoms with van der Waals surface area (Å²) in [7, 11) is 1.55. The number of carboxylic acids is 1. The van der Waals surface area contributed by atoms with Crippen molar-refractivity contribution < 1.29 is 33.4 Å². The van der Waals surface area contributed by atoms with E-state index in [-0.39, 0.29) is 54.8 Å². The van der Waals surface area contributed by atoms with Crippen LogP contribution in [0, 0.1) is 17.7 Å². The molecule has 2 amide bonds. The van der Waals surface area contributed by atoms with Gasteiger partial charge in [0.2, 0.25) is 11.8 Å². The average molecular weight is 587 g/mol. The average Bonchev–Trinajstić information content (AvgIpc) is 3.51. The van der Waals surface area contributed by atoms with Gasteiger partial charge in [-0.2, -0.15) is 0 Å². The molecule has 10 heteroatoms. The van der Waals surface area contributed by atoms with Crippen LogP contribution in [0.5, 0.6) is 11.5 Å². The molecule has 3 unspecified atom stereocenters.